The fraction of sp³-hybridized carbons (Fsp3) is 0.250. The molecule has 0 aromatic heterocycles. The summed E-state index contributed by atoms with van der Waals surface area (Å²) in [6, 6.07) is 14.3. The number of hydrogen-bond donors (Lipinski definition) is 0. The molecule has 3 aromatic carbocycles. The molecule has 7 heteroatoms. The van der Waals surface area contributed by atoms with Gasteiger partial charge in [0, 0.05) is 11.5 Å². The Labute approximate surface area is 204 Å². The van der Waals surface area contributed by atoms with Gasteiger partial charge in [-0.05, 0) is 19.8 Å². The molecule has 0 spiro atoms. The average molecular weight is 477 g/mol. The molecule has 0 bridgehead atoms. The fourth-order valence-electron chi connectivity index (χ4n) is 4.05. The zero-order valence-electron chi connectivity index (χ0n) is 19.3. The average Bonchev–Trinajstić information content (AvgIpc) is 2.88. The summed E-state index contributed by atoms with van der Waals surface area (Å²) in [5, 5.41) is 0. The molecule has 1 heterocycles. The second-order valence-corrected chi connectivity index (χ2v) is 8.32. The Morgan fingerprint density at radius 3 is 2.26 bits per heavy atom. The molecule has 0 amide bonds. The van der Waals surface area contributed by atoms with Crippen molar-refractivity contribution in [2.45, 2.75) is 26.1 Å². The van der Waals surface area contributed by atoms with Crippen molar-refractivity contribution in [3.8, 4) is 28.0 Å². The molecule has 0 saturated carbocycles. The molecular weight excluding hydrogens is 452 g/mol. The minimum absolute atomic E-state index is 0.0792. The third-order valence-corrected chi connectivity index (χ3v) is 5.97. The first-order valence-electron chi connectivity index (χ1n) is 11.4. The zero-order valence-corrected chi connectivity index (χ0v) is 19.3. The van der Waals surface area contributed by atoms with Crippen LogP contribution in [0.15, 0.2) is 66.7 Å². The summed E-state index contributed by atoms with van der Waals surface area (Å²) in [6.45, 7) is 3.04. The number of benzene rings is 3. The van der Waals surface area contributed by atoms with Gasteiger partial charge in [-0.25, -0.2) is 4.39 Å². The molecular formula is C28H25BF3O3. The van der Waals surface area contributed by atoms with Crippen molar-refractivity contribution in [3.05, 3.63) is 89.8 Å². The summed E-state index contributed by atoms with van der Waals surface area (Å²) in [5.74, 6) is -2.59. The van der Waals surface area contributed by atoms with Crippen LogP contribution in [0.1, 0.15) is 31.6 Å². The van der Waals surface area contributed by atoms with Crippen LogP contribution in [0.3, 0.4) is 0 Å². The van der Waals surface area contributed by atoms with Gasteiger partial charge >= 0.3 is 115 Å². The van der Waals surface area contributed by atoms with E-state index in [1.165, 1.54) is 18.2 Å². The summed E-state index contributed by atoms with van der Waals surface area (Å²) in [5.41, 5.74) is 2.28. The molecule has 3 aromatic rings. The van der Waals surface area contributed by atoms with Gasteiger partial charge in [-0.3, -0.25) is 0 Å². The molecule has 0 unspecified atom stereocenters. The van der Waals surface area contributed by atoms with Gasteiger partial charge in [0.2, 0.25) is 0 Å². The van der Waals surface area contributed by atoms with E-state index in [-0.39, 0.29) is 11.3 Å². The summed E-state index contributed by atoms with van der Waals surface area (Å²) in [7, 11) is 5.11. The number of hydrogen-bond acceptors (Lipinski definition) is 3. The standard InChI is InChI=1S/C28H25BF3O3/c1-2-3-4-5-18-15-33-28(34-16-18)23-11-10-21(14-24(23)30)19-6-8-20(9-7-19)22-12-13-25(35-17-29)27(32)26(22)31/h2-3,6-14,17-18,28H,4-5,15-16H2,1H3/b3-2+. The van der Waals surface area contributed by atoms with Crippen molar-refractivity contribution < 1.29 is 27.4 Å². The number of allylic oxidation sites excluding steroid dienone is 2. The molecule has 1 aliphatic rings. The Morgan fingerprint density at radius 2 is 1.60 bits per heavy atom. The van der Waals surface area contributed by atoms with Gasteiger partial charge in [0.25, 0.3) is 0 Å². The van der Waals surface area contributed by atoms with E-state index in [0.29, 0.717) is 35.8 Å². The van der Waals surface area contributed by atoms with Gasteiger partial charge in [-0.1, -0.05) is 18.2 Å². The maximum atomic E-state index is 14.9. The Bertz CT molecular complexity index is 1200. The number of ether oxygens (including phenoxy) is 3. The van der Waals surface area contributed by atoms with E-state index >= 15 is 0 Å². The molecule has 0 atom stereocenters. The third-order valence-electron chi connectivity index (χ3n) is 5.97. The SMILES string of the molecule is [B]=COc1ccc(-c2ccc(-c3ccc(C4OCC(CC/C=C/C)CO4)c(F)c3)cc2)c(F)c1F. The van der Waals surface area contributed by atoms with Gasteiger partial charge in [0.15, 0.2) is 6.29 Å². The first-order valence-corrected chi connectivity index (χ1v) is 11.4. The van der Waals surface area contributed by atoms with Crippen LogP contribution in [0.5, 0.6) is 5.75 Å². The molecule has 179 valence electrons. The van der Waals surface area contributed by atoms with Crippen LogP contribution in [-0.4, -0.2) is 26.9 Å². The van der Waals surface area contributed by atoms with Crippen LogP contribution >= 0.6 is 0 Å². The van der Waals surface area contributed by atoms with Crippen LogP contribution in [-0.2, 0) is 9.47 Å². The molecule has 0 aliphatic carbocycles. The Hall–Kier alpha value is -3.16. The monoisotopic (exact) mass is 477 g/mol. The van der Waals surface area contributed by atoms with Gasteiger partial charge in [0.05, 0.1) is 13.2 Å². The summed E-state index contributed by atoms with van der Waals surface area (Å²) in [6.07, 6.45) is 6.12. The molecule has 0 N–H and O–H groups in total. The van der Waals surface area contributed by atoms with Crippen molar-refractivity contribution in [1.29, 1.82) is 0 Å². The molecule has 1 radical (unpaired) electrons. The second kappa shape index (κ2) is 11.5. The number of rotatable bonds is 8. The molecule has 1 saturated heterocycles. The molecule has 4 rings (SSSR count). The van der Waals surface area contributed by atoms with E-state index in [2.05, 4.69) is 6.08 Å². The Kier molecular flexibility index (Phi) is 8.21. The van der Waals surface area contributed by atoms with E-state index in [1.54, 1.807) is 36.4 Å². The topological polar surface area (TPSA) is 27.7 Å². The summed E-state index contributed by atoms with van der Waals surface area (Å²) < 4.78 is 59.9. The first-order chi connectivity index (χ1) is 17.0. The first kappa shape index (κ1) is 25.0. The van der Waals surface area contributed by atoms with Crippen LogP contribution in [0.25, 0.3) is 22.3 Å². The molecule has 35 heavy (non-hydrogen) atoms. The van der Waals surface area contributed by atoms with Gasteiger partial charge in [-0.2, -0.15) is 0 Å². The van der Waals surface area contributed by atoms with Crippen LogP contribution < -0.4 is 4.74 Å². The summed E-state index contributed by atoms with van der Waals surface area (Å²) in [4.78, 5) is 0. The quantitative estimate of drug-likeness (QED) is 0.265. The van der Waals surface area contributed by atoms with Crippen molar-refractivity contribution in [2.75, 3.05) is 13.2 Å². The van der Waals surface area contributed by atoms with E-state index < -0.39 is 23.7 Å². The van der Waals surface area contributed by atoms with Crippen molar-refractivity contribution >= 4 is 13.6 Å². The van der Waals surface area contributed by atoms with Crippen molar-refractivity contribution in [3.63, 3.8) is 0 Å². The van der Waals surface area contributed by atoms with Gasteiger partial charge in [-0.15, -0.1) is 0 Å². The van der Waals surface area contributed by atoms with Crippen LogP contribution in [0.4, 0.5) is 13.2 Å². The van der Waals surface area contributed by atoms with E-state index in [9.17, 15) is 13.2 Å². The molecule has 3 nitrogen and oxygen atoms in total. The summed E-state index contributed by atoms with van der Waals surface area (Å²) >= 11 is 0. The van der Waals surface area contributed by atoms with Crippen LogP contribution in [0.2, 0.25) is 0 Å². The Morgan fingerprint density at radius 1 is 0.914 bits per heavy atom. The maximum absolute atomic E-state index is 14.9. The predicted molar refractivity (Wildman–Crippen MR) is 132 cm³/mol. The van der Waals surface area contributed by atoms with E-state index in [4.69, 9.17) is 21.7 Å². The van der Waals surface area contributed by atoms with Gasteiger partial charge < -0.3 is 9.47 Å². The van der Waals surface area contributed by atoms with Crippen molar-refractivity contribution in [2.24, 2.45) is 5.92 Å². The van der Waals surface area contributed by atoms with Gasteiger partial charge in [0.1, 0.15) is 5.82 Å². The molecule has 1 aliphatic heterocycles. The normalized spacial score (nSPS) is 18.0. The van der Waals surface area contributed by atoms with E-state index in [1.807, 2.05) is 13.0 Å². The minimum atomic E-state index is -1.12. The van der Waals surface area contributed by atoms with Crippen LogP contribution in [0, 0.1) is 23.4 Å². The number of halogens is 3. The van der Waals surface area contributed by atoms with E-state index in [0.717, 1.165) is 24.6 Å². The molecule has 1 fully saturated rings. The Balaban J connectivity index is 1.46. The zero-order chi connectivity index (χ0) is 24.8. The predicted octanol–water partition coefficient (Wildman–Crippen LogP) is 6.76. The van der Waals surface area contributed by atoms with Crippen molar-refractivity contribution in [1.82, 2.24) is 0 Å². The fourth-order valence-corrected chi connectivity index (χ4v) is 4.05. The third kappa shape index (κ3) is 5.74. The second-order valence-electron chi connectivity index (χ2n) is 8.32.